The van der Waals surface area contributed by atoms with Crippen LogP contribution in [-0.2, 0) is 6.54 Å². The third-order valence-electron chi connectivity index (χ3n) is 3.87. The minimum Gasteiger partial charge on any atom is -0.497 e. The molecule has 0 unspecified atom stereocenters. The summed E-state index contributed by atoms with van der Waals surface area (Å²) >= 11 is 0. The predicted octanol–water partition coefficient (Wildman–Crippen LogP) is 3.86. The van der Waals surface area contributed by atoms with E-state index >= 15 is 0 Å². The molecule has 2 aromatic rings. The molecule has 0 atom stereocenters. The van der Waals surface area contributed by atoms with Gasteiger partial charge in [0.25, 0.3) is 0 Å². The van der Waals surface area contributed by atoms with Gasteiger partial charge in [-0.2, -0.15) is 0 Å². The Balaban J connectivity index is 1.85. The second kappa shape index (κ2) is 8.82. The normalized spacial score (nSPS) is 10.1. The second-order valence-electron chi connectivity index (χ2n) is 5.37. The highest BCUT2D eigenvalue weighted by Crippen LogP contribution is 2.17. The Kier molecular flexibility index (Phi) is 6.49. The van der Waals surface area contributed by atoms with Crippen molar-refractivity contribution in [2.75, 3.05) is 30.4 Å². The number of amides is 2. The zero-order chi connectivity index (χ0) is 17.4. The van der Waals surface area contributed by atoms with Gasteiger partial charge < -0.3 is 20.3 Å². The molecule has 0 aromatic heterocycles. The van der Waals surface area contributed by atoms with Crippen LogP contribution in [0.5, 0.6) is 5.75 Å². The average molecular weight is 327 g/mol. The molecule has 0 heterocycles. The van der Waals surface area contributed by atoms with Crippen molar-refractivity contribution >= 4 is 17.4 Å². The van der Waals surface area contributed by atoms with Crippen LogP contribution in [0.1, 0.15) is 19.4 Å². The molecule has 0 spiro atoms. The molecule has 0 bridgehead atoms. The maximum Gasteiger partial charge on any atom is 0.319 e. The van der Waals surface area contributed by atoms with Gasteiger partial charge in [-0.05, 0) is 55.8 Å². The zero-order valence-corrected chi connectivity index (χ0v) is 14.5. The molecule has 2 amide bonds. The van der Waals surface area contributed by atoms with Gasteiger partial charge in [0.15, 0.2) is 0 Å². The quantitative estimate of drug-likeness (QED) is 0.812. The van der Waals surface area contributed by atoms with Crippen molar-refractivity contribution < 1.29 is 9.53 Å². The number of hydrogen-bond donors (Lipinski definition) is 2. The highest BCUT2D eigenvalue weighted by atomic mass is 16.5. The Bertz CT molecular complexity index is 635. The van der Waals surface area contributed by atoms with Gasteiger partial charge in [-0.3, -0.25) is 0 Å². The van der Waals surface area contributed by atoms with Crippen LogP contribution in [0, 0.1) is 0 Å². The summed E-state index contributed by atoms with van der Waals surface area (Å²) in [4.78, 5) is 14.2. The number of rotatable bonds is 7. The lowest BCUT2D eigenvalue weighted by Crippen LogP contribution is -2.28. The van der Waals surface area contributed by atoms with E-state index < -0.39 is 0 Å². The Morgan fingerprint density at radius 2 is 1.62 bits per heavy atom. The molecule has 0 aliphatic heterocycles. The first-order valence-corrected chi connectivity index (χ1v) is 8.19. The summed E-state index contributed by atoms with van der Waals surface area (Å²) in [6.45, 7) is 6.65. The SMILES string of the molecule is CCN(CC)c1ccc(NC(=O)NCc2ccc(OC)cc2)cc1. The number of nitrogens with zero attached hydrogens (tertiary/aromatic N) is 1. The fourth-order valence-corrected chi connectivity index (χ4v) is 2.45. The molecular formula is C19H25N3O2. The maximum absolute atomic E-state index is 12.0. The first-order chi connectivity index (χ1) is 11.7. The van der Waals surface area contributed by atoms with Crippen LogP contribution < -0.4 is 20.3 Å². The smallest absolute Gasteiger partial charge is 0.319 e. The molecule has 2 N–H and O–H groups in total. The lowest BCUT2D eigenvalue weighted by Gasteiger charge is -2.21. The Labute approximate surface area is 143 Å². The first-order valence-electron chi connectivity index (χ1n) is 8.19. The maximum atomic E-state index is 12.0. The van der Waals surface area contributed by atoms with Gasteiger partial charge in [0.05, 0.1) is 7.11 Å². The molecule has 5 nitrogen and oxygen atoms in total. The van der Waals surface area contributed by atoms with E-state index in [1.54, 1.807) is 7.11 Å². The molecule has 0 fully saturated rings. The van der Waals surface area contributed by atoms with E-state index in [-0.39, 0.29) is 6.03 Å². The molecule has 5 heteroatoms. The summed E-state index contributed by atoms with van der Waals surface area (Å²) in [5.41, 5.74) is 2.95. The van der Waals surface area contributed by atoms with Gasteiger partial charge in [-0.25, -0.2) is 4.79 Å². The summed E-state index contributed by atoms with van der Waals surface area (Å²) in [5, 5.41) is 5.69. The van der Waals surface area contributed by atoms with Crippen molar-refractivity contribution in [1.29, 1.82) is 0 Å². The van der Waals surface area contributed by atoms with Gasteiger partial charge in [0, 0.05) is 31.0 Å². The van der Waals surface area contributed by atoms with Crippen LogP contribution >= 0.6 is 0 Å². The topological polar surface area (TPSA) is 53.6 Å². The summed E-state index contributed by atoms with van der Waals surface area (Å²) < 4.78 is 5.11. The molecule has 2 rings (SSSR count). The van der Waals surface area contributed by atoms with Gasteiger partial charge in [0.2, 0.25) is 0 Å². The number of urea groups is 1. The van der Waals surface area contributed by atoms with Crippen molar-refractivity contribution in [3.05, 3.63) is 54.1 Å². The number of methoxy groups -OCH3 is 1. The van der Waals surface area contributed by atoms with Gasteiger partial charge >= 0.3 is 6.03 Å². The summed E-state index contributed by atoms with van der Waals surface area (Å²) in [7, 11) is 1.63. The number of hydrogen-bond acceptors (Lipinski definition) is 3. The summed E-state index contributed by atoms with van der Waals surface area (Å²) in [5.74, 6) is 0.802. The Morgan fingerprint density at radius 1 is 1.00 bits per heavy atom. The van der Waals surface area contributed by atoms with Crippen LogP contribution in [0.25, 0.3) is 0 Å². The van der Waals surface area contributed by atoms with E-state index in [2.05, 4.69) is 29.4 Å². The minimum atomic E-state index is -0.221. The molecule has 0 radical (unpaired) electrons. The fourth-order valence-electron chi connectivity index (χ4n) is 2.45. The van der Waals surface area contributed by atoms with Crippen molar-refractivity contribution in [3.63, 3.8) is 0 Å². The predicted molar refractivity (Wildman–Crippen MR) is 98.9 cm³/mol. The van der Waals surface area contributed by atoms with E-state index in [1.807, 2.05) is 48.5 Å². The van der Waals surface area contributed by atoms with E-state index in [0.29, 0.717) is 6.54 Å². The molecule has 128 valence electrons. The van der Waals surface area contributed by atoms with Gasteiger partial charge in [-0.15, -0.1) is 0 Å². The summed E-state index contributed by atoms with van der Waals surface area (Å²) in [6.07, 6.45) is 0. The molecule has 0 aliphatic rings. The monoisotopic (exact) mass is 327 g/mol. The number of benzene rings is 2. The number of carbonyl (C=O) groups is 1. The number of ether oxygens (including phenoxy) is 1. The minimum absolute atomic E-state index is 0.221. The lowest BCUT2D eigenvalue weighted by molar-refractivity contribution is 0.251. The summed E-state index contributed by atoms with van der Waals surface area (Å²) in [6, 6.07) is 15.3. The third-order valence-corrected chi connectivity index (χ3v) is 3.87. The molecule has 0 saturated heterocycles. The number of anilines is 2. The number of nitrogens with one attached hydrogen (secondary N) is 2. The van der Waals surface area contributed by atoms with Gasteiger partial charge in [-0.1, -0.05) is 12.1 Å². The van der Waals surface area contributed by atoms with Crippen molar-refractivity contribution in [3.8, 4) is 5.75 Å². The largest absolute Gasteiger partial charge is 0.497 e. The second-order valence-corrected chi connectivity index (χ2v) is 5.37. The number of carbonyl (C=O) groups excluding carboxylic acids is 1. The van der Waals surface area contributed by atoms with E-state index in [9.17, 15) is 4.79 Å². The van der Waals surface area contributed by atoms with Crippen LogP contribution in [-0.4, -0.2) is 26.2 Å². The first kappa shape index (κ1) is 17.7. The molecule has 2 aromatic carbocycles. The molecule has 0 saturated carbocycles. The molecule has 0 aliphatic carbocycles. The Hall–Kier alpha value is -2.69. The van der Waals surface area contributed by atoms with Crippen LogP contribution in [0.2, 0.25) is 0 Å². The average Bonchev–Trinajstić information content (AvgIpc) is 2.63. The van der Waals surface area contributed by atoms with Crippen LogP contribution in [0.3, 0.4) is 0 Å². The zero-order valence-electron chi connectivity index (χ0n) is 14.5. The van der Waals surface area contributed by atoms with Crippen molar-refractivity contribution in [2.24, 2.45) is 0 Å². The highest BCUT2D eigenvalue weighted by Gasteiger charge is 2.04. The lowest BCUT2D eigenvalue weighted by atomic mass is 10.2. The van der Waals surface area contributed by atoms with Crippen molar-refractivity contribution in [1.82, 2.24) is 5.32 Å². The highest BCUT2D eigenvalue weighted by molar-refractivity contribution is 5.89. The van der Waals surface area contributed by atoms with E-state index in [0.717, 1.165) is 35.8 Å². The van der Waals surface area contributed by atoms with E-state index in [4.69, 9.17) is 4.74 Å². The molecule has 24 heavy (non-hydrogen) atoms. The van der Waals surface area contributed by atoms with Gasteiger partial charge in [0.1, 0.15) is 5.75 Å². The van der Waals surface area contributed by atoms with Crippen LogP contribution in [0.15, 0.2) is 48.5 Å². The Morgan fingerprint density at radius 3 is 2.17 bits per heavy atom. The standard InChI is InChI=1S/C19H25N3O2/c1-4-22(5-2)17-10-8-16(9-11-17)21-19(23)20-14-15-6-12-18(24-3)13-7-15/h6-13H,4-5,14H2,1-3H3,(H2,20,21,23). The molecular weight excluding hydrogens is 302 g/mol. The van der Waals surface area contributed by atoms with Crippen molar-refractivity contribution in [2.45, 2.75) is 20.4 Å². The van der Waals surface area contributed by atoms with Crippen LogP contribution in [0.4, 0.5) is 16.2 Å². The fraction of sp³-hybridized carbons (Fsp3) is 0.316. The van der Waals surface area contributed by atoms with E-state index in [1.165, 1.54) is 0 Å². The third kappa shape index (κ3) is 4.91.